The predicted molar refractivity (Wildman–Crippen MR) is 128 cm³/mol. The molecule has 1 heterocycles. The molecule has 2 atom stereocenters. The Hall–Kier alpha value is -1.71. The number of hydrogen-bond donors (Lipinski definition) is 0. The topological polar surface area (TPSA) is 12.5 Å². The van der Waals surface area contributed by atoms with Gasteiger partial charge in [0.2, 0.25) is 0 Å². The molecule has 0 N–H and O–H groups in total. The molecule has 3 heteroatoms. The van der Waals surface area contributed by atoms with Crippen LogP contribution in [0.15, 0.2) is 63.9 Å². The first-order valence-electron chi connectivity index (χ1n) is 11.5. The zero-order valence-corrected chi connectivity index (χ0v) is 19.5. The highest BCUT2D eigenvalue weighted by atomic mass is 32.2. The van der Waals surface area contributed by atoms with Crippen LogP contribution >= 0.6 is 11.8 Å². The Morgan fingerprint density at radius 1 is 0.933 bits per heavy atom. The molecule has 0 aromatic heterocycles. The van der Waals surface area contributed by atoms with Crippen LogP contribution in [-0.2, 0) is 0 Å². The molecule has 1 aliphatic heterocycles. The van der Waals surface area contributed by atoms with E-state index in [4.69, 9.17) is 4.74 Å². The quantitative estimate of drug-likeness (QED) is 0.503. The van der Waals surface area contributed by atoms with Gasteiger partial charge in [-0.15, -0.1) is 0 Å². The van der Waals surface area contributed by atoms with Crippen LogP contribution in [0.1, 0.15) is 57.9 Å². The molecule has 30 heavy (non-hydrogen) atoms. The van der Waals surface area contributed by atoms with Gasteiger partial charge < -0.3 is 4.74 Å². The minimum Gasteiger partial charge on any atom is -0.497 e. The summed E-state index contributed by atoms with van der Waals surface area (Å²) in [4.78, 5) is 5.30. The van der Waals surface area contributed by atoms with Crippen molar-refractivity contribution in [1.82, 2.24) is 4.90 Å². The Morgan fingerprint density at radius 3 is 2.17 bits per heavy atom. The number of allylic oxidation sites excluding steroid dienone is 1. The molecular formula is C27H35NOS. The summed E-state index contributed by atoms with van der Waals surface area (Å²) in [5.41, 5.74) is 4.53. The van der Waals surface area contributed by atoms with Crippen LogP contribution < -0.4 is 4.74 Å². The van der Waals surface area contributed by atoms with Crippen LogP contribution in [0.4, 0.5) is 0 Å². The Morgan fingerprint density at radius 2 is 1.57 bits per heavy atom. The van der Waals surface area contributed by atoms with Gasteiger partial charge in [0.25, 0.3) is 0 Å². The van der Waals surface area contributed by atoms with E-state index in [0.717, 1.165) is 17.7 Å². The molecule has 2 nitrogen and oxygen atoms in total. The lowest BCUT2D eigenvalue weighted by molar-refractivity contribution is 0.126. The minimum atomic E-state index is 0.838. The molecule has 0 amide bonds. The van der Waals surface area contributed by atoms with Gasteiger partial charge in [0.05, 0.1) is 7.11 Å². The first-order valence-corrected chi connectivity index (χ1v) is 12.3. The maximum Gasteiger partial charge on any atom is 0.118 e. The van der Waals surface area contributed by atoms with Gasteiger partial charge in [-0.25, -0.2) is 0 Å². The fourth-order valence-corrected chi connectivity index (χ4v) is 5.84. The van der Waals surface area contributed by atoms with Crippen LogP contribution in [0.2, 0.25) is 0 Å². The van der Waals surface area contributed by atoms with Gasteiger partial charge in [0, 0.05) is 28.9 Å². The normalized spacial score (nSPS) is 22.7. The number of hydrogen-bond acceptors (Lipinski definition) is 3. The van der Waals surface area contributed by atoms with Gasteiger partial charge in [-0.05, 0) is 86.1 Å². The van der Waals surface area contributed by atoms with Crippen LogP contribution in [0.5, 0.6) is 5.75 Å². The summed E-state index contributed by atoms with van der Waals surface area (Å²) in [5.74, 6) is 1.82. The monoisotopic (exact) mass is 421 g/mol. The highest BCUT2D eigenvalue weighted by Gasteiger charge is 2.27. The third-order valence-electron chi connectivity index (χ3n) is 6.94. The fraction of sp³-hybridized carbons (Fsp3) is 0.481. The van der Waals surface area contributed by atoms with Gasteiger partial charge in [-0.3, -0.25) is 4.90 Å². The summed E-state index contributed by atoms with van der Waals surface area (Å²) in [6.07, 6.45) is 8.14. The van der Waals surface area contributed by atoms with Crippen molar-refractivity contribution in [2.75, 3.05) is 20.2 Å². The number of ether oxygens (including phenoxy) is 1. The van der Waals surface area contributed by atoms with Crippen molar-refractivity contribution in [2.45, 2.75) is 68.2 Å². The number of nitrogens with zero attached hydrogens (tertiary/aromatic N) is 1. The van der Waals surface area contributed by atoms with Gasteiger partial charge in [0.15, 0.2) is 0 Å². The summed E-state index contributed by atoms with van der Waals surface area (Å²) in [6.45, 7) is 7.24. The summed E-state index contributed by atoms with van der Waals surface area (Å²) in [5, 5.41) is 0. The number of likely N-dealkylation sites (tertiary alicyclic amines) is 1. The molecule has 0 radical (unpaired) electrons. The number of rotatable bonds is 5. The smallest absolute Gasteiger partial charge is 0.118 e. The maximum atomic E-state index is 5.25. The van der Waals surface area contributed by atoms with Crippen LogP contribution in [-0.4, -0.2) is 31.1 Å². The number of piperidine rings is 1. The van der Waals surface area contributed by atoms with Crippen LogP contribution in [0.25, 0.3) is 5.57 Å². The van der Waals surface area contributed by atoms with Crippen molar-refractivity contribution in [3.05, 3.63) is 59.7 Å². The van der Waals surface area contributed by atoms with E-state index < -0.39 is 0 Å². The molecule has 2 aromatic carbocycles. The van der Waals surface area contributed by atoms with E-state index in [1.807, 2.05) is 12.1 Å². The molecule has 0 bridgehead atoms. The third-order valence-corrected chi connectivity index (χ3v) is 7.96. The van der Waals surface area contributed by atoms with E-state index in [1.54, 1.807) is 24.4 Å². The van der Waals surface area contributed by atoms with E-state index >= 15 is 0 Å². The van der Waals surface area contributed by atoms with E-state index in [9.17, 15) is 0 Å². The lowest BCUT2D eigenvalue weighted by Gasteiger charge is -2.39. The van der Waals surface area contributed by atoms with Gasteiger partial charge in [-0.2, -0.15) is 0 Å². The van der Waals surface area contributed by atoms with Crippen molar-refractivity contribution in [1.29, 1.82) is 0 Å². The van der Waals surface area contributed by atoms with Gasteiger partial charge in [-0.1, -0.05) is 49.2 Å². The molecule has 2 aromatic rings. The molecule has 160 valence electrons. The first-order chi connectivity index (χ1) is 14.6. The zero-order chi connectivity index (χ0) is 20.9. The summed E-state index contributed by atoms with van der Waals surface area (Å²) in [6, 6.07) is 18.2. The van der Waals surface area contributed by atoms with E-state index in [-0.39, 0.29) is 0 Å². The van der Waals surface area contributed by atoms with Crippen molar-refractivity contribution in [3.63, 3.8) is 0 Å². The maximum absolute atomic E-state index is 5.25. The molecule has 4 rings (SSSR count). The van der Waals surface area contributed by atoms with Gasteiger partial charge in [0.1, 0.15) is 5.75 Å². The van der Waals surface area contributed by atoms with Gasteiger partial charge >= 0.3 is 0 Å². The lowest BCUT2D eigenvalue weighted by atomic mass is 9.85. The Labute approximate surface area is 186 Å². The fourth-order valence-electron chi connectivity index (χ4n) is 5.02. The summed E-state index contributed by atoms with van der Waals surface area (Å²) < 4.78 is 5.25. The van der Waals surface area contributed by atoms with Crippen LogP contribution in [0.3, 0.4) is 0 Å². The van der Waals surface area contributed by atoms with Crippen LogP contribution in [0, 0.1) is 5.92 Å². The Balaban J connectivity index is 1.36. The minimum absolute atomic E-state index is 0.838. The zero-order valence-electron chi connectivity index (χ0n) is 18.7. The summed E-state index contributed by atoms with van der Waals surface area (Å²) >= 11 is 1.80. The first kappa shape index (κ1) is 21.5. The standard InChI is InChI=1S/C27H35NOS/c1-20-5-4-6-24(19-20)28-17-15-23(16-18-28)21(2)22-7-11-26(12-8-22)30-27-13-9-25(29-3)10-14-27/h7-14,20,24H,4-6,15-19H2,1-3H3/t20-,24?/m1/s1. The molecule has 1 aliphatic carbocycles. The largest absolute Gasteiger partial charge is 0.497 e. The average molecular weight is 422 g/mol. The molecule has 2 aliphatic rings. The number of methoxy groups -OCH3 is 1. The SMILES string of the molecule is COc1ccc(Sc2ccc(C(C)=C3CCN(C4CCC[C@@H](C)C4)CC3)cc2)cc1. The molecule has 1 saturated carbocycles. The second-order valence-electron chi connectivity index (χ2n) is 8.99. The van der Waals surface area contributed by atoms with E-state index in [2.05, 4.69) is 55.1 Å². The van der Waals surface area contributed by atoms with Crippen molar-refractivity contribution in [3.8, 4) is 5.75 Å². The highest BCUT2D eigenvalue weighted by molar-refractivity contribution is 7.99. The highest BCUT2D eigenvalue weighted by Crippen LogP contribution is 2.34. The van der Waals surface area contributed by atoms with Crippen molar-refractivity contribution in [2.24, 2.45) is 5.92 Å². The van der Waals surface area contributed by atoms with Crippen molar-refractivity contribution < 1.29 is 4.74 Å². The lowest BCUT2D eigenvalue weighted by Crippen LogP contribution is -2.42. The molecule has 1 unspecified atom stereocenters. The molecular weight excluding hydrogens is 386 g/mol. The predicted octanol–water partition coefficient (Wildman–Crippen LogP) is 7.29. The average Bonchev–Trinajstić information content (AvgIpc) is 2.80. The molecule has 2 fully saturated rings. The Bertz CT molecular complexity index is 845. The second kappa shape index (κ2) is 10.1. The molecule has 0 spiro atoms. The van der Waals surface area contributed by atoms with E-state index in [1.165, 1.54) is 72.5 Å². The molecule has 1 saturated heterocycles. The third kappa shape index (κ3) is 5.31. The second-order valence-corrected chi connectivity index (χ2v) is 10.1. The van der Waals surface area contributed by atoms with E-state index in [0.29, 0.717) is 0 Å². The number of benzene rings is 2. The summed E-state index contributed by atoms with van der Waals surface area (Å²) in [7, 11) is 1.71. The van der Waals surface area contributed by atoms with Crippen molar-refractivity contribution >= 4 is 17.3 Å². The Kier molecular flexibility index (Phi) is 7.22.